The summed E-state index contributed by atoms with van der Waals surface area (Å²) in [7, 11) is 2.15. The molecule has 0 saturated heterocycles. The summed E-state index contributed by atoms with van der Waals surface area (Å²) in [6.07, 6.45) is 2.56. The zero-order chi connectivity index (χ0) is 14.4. The molecule has 2 aromatic rings. The molecule has 1 fully saturated rings. The minimum atomic E-state index is -0.261. The van der Waals surface area contributed by atoms with Crippen LogP contribution in [0.5, 0.6) is 0 Å². The molecule has 1 N–H and O–H groups in total. The number of aromatic amines is 1. The first-order chi connectivity index (χ1) is 9.47. The van der Waals surface area contributed by atoms with Gasteiger partial charge in [0.1, 0.15) is 5.82 Å². The number of likely N-dealkylation sites (N-methyl/N-ethyl adjacent to an activating group) is 1. The maximum Gasteiger partial charge on any atom is 0.178 e. The number of nitrogens with zero attached hydrogens (tertiary/aromatic N) is 2. The first kappa shape index (κ1) is 14.2. The van der Waals surface area contributed by atoms with E-state index in [9.17, 15) is 4.39 Å². The summed E-state index contributed by atoms with van der Waals surface area (Å²) in [5.41, 5.74) is 1.69. The molecule has 1 atom stereocenters. The van der Waals surface area contributed by atoms with Crippen LogP contribution in [0.3, 0.4) is 0 Å². The number of H-pyrrole nitrogens is 1. The van der Waals surface area contributed by atoms with Crippen LogP contribution in [0.15, 0.2) is 16.6 Å². The molecule has 1 saturated carbocycles. The van der Waals surface area contributed by atoms with Gasteiger partial charge >= 0.3 is 0 Å². The van der Waals surface area contributed by atoms with Crippen LogP contribution in [0.4, 0.5) is 4.39 Å². The quantitative estimate of drug-likeness (QED) is 0.833. The largest absolute Gasteiger partial charge is 0.331 e. The molecule has 6 heteroatoms. The number of hydrogen-bond acceptors (Lipinski definition) is 2. The lowest BCUT2D eigenvalue weighted by Crippen LogP contribution is -2.34. The van der Waals surface area contributed by atoms with Gasteiger partial charge in [0, 0.05) is 24.7 Å². The van der Waals surface area contributed by atoms with Crippen LogP contribution in [-0.2, 0) is 6.54 Å². The first-order valence-electron chi connectivity index (χ1n) is 6.77. The van der Waals surface area contributed by atoms with Crippen LogP contribution in [-0.4, -0.2) is 33.6 Å². The van der Waals surface area contributed by atoms with E-state index >= 15 is 0 Å². The number of fused-ring (bicyclic) bond motifs is 1. The monoisotopic (exact) mass is 357 g/mol. The predicted octanol–water partition coefficient (Wildman–Crippen LogP) is 4.08. The molecule has 0 bridgehead atoms. The lowest BCUT2D eigenvalue weighted by molar-refractivity contribution is 0.226. The molecule has 3 rings (SSSR count). The van der Waals surface area contributed by atoms with Crippen molar-refractivity contribution >= 4 is 39.2 Å². The lowest BCUT2D eigenvalue weighted by Gasteiger charge is -2.25. The van der Waals surface area contributed by atoms with Gasteiger partial charge in [0.25, 0.3) is 0 Å². The van der Waals surface area contributed by atoms with E-state index in [2.05, 4.69) is 39.8 Å². The van der Waals surface area contributed by atoms with Crippen LogP contribution in [0, 0.1) is 10.6 Å². The van der Waals surface area contributed by atoms with Crippen molar-refractivity contribution in [3.63, 3.8) is 0 Å². The molecule has 1 aliphatic carbocycles. The lowest BCUT2D eigenvalue weighted by atomic mass is 10.2. The number of benzene rings is 1. The summed E-state index contributed by atoms with van der Waals surface area (Å²) >= 11 is 8.58. The first-order valence-corrected chi connectivity index (χ1v) is 7.97. The third-order valence-corrected chi connectivity index (χ3v) is 5.01. The molecule has 20 heavy (non-hydrogen) atoms. The number of nitrogens with one attached hydrogen (secondary N) is 1. The standard InChI is InChI=1S/C14H17BrFN3S/c1-8(18(2)9-3-4-9)7-19-13-6-11(16)10(15)5-12(13)17-14(19)20/h5-6,8-9H,3-4,7H2,1-2H3,(H,17,20). The van der Waals surface area contributed by atoms with Gasteiger partial charge in [-0.05, 0) is 61.0 Å². The second-order valence-electron chi connectivity index (χ2n) is 5.57. The second-order valence-corrected chi connectivity index (χ2v) is 6.81. The predicted molar refractivity (Wildman–Crippen MR) is 85.0 cm³/mol. The fourth-order valence-electron chi connectivity index (χ4n) is 2.57. The van der Waals surface area contributed by atoms with Crippen LogP contribution < -0.4 is 0 Å². The number of rotatable bonds is 4. The molecule has 1 aromatic heterocycles. The van der Waals surface area contributed by atoms with E-state index in [1.807, 2.05) is 4.57 Å². The summed E-state index contributed by atoms with van der Waals surface area (Å²) in [6, 6.07) is 4.36. The van der Waals surface area contributed by atoms with E-state index in [0.717, 1.165) is 17.6 Å². The Bertz CT molecular complexity index is 704. The summed E-state index contributed by atoms with van der Waals surface area (Å²) in [5, 5.41) is 0. The highest BCUT2D eigenvalue weighted by atomic mass is 79.9. The zero-order valence-electron chi connectivity index (χ0n) is 11.5. The van der Waals surface area contributed by atoms with E-state index in [-0.39, 0.29) is 5.82 Å². The summed E-state index contributed by atoms with van der Waals surface area (Å²) in [6.45, 7) is 2.96. The van der Waals surface area contributed by atoms with E-state index in [4.69, 9.17) is 12.2 Å². The Morgan fingerprint density at radius 3 is 2.90 bits per heavy atom. The average molecular weight is 358 g/mol. The Labute approximate surface area is 130 Å². The molecule has 0 aliphatic heterocycles. The molecule has 108 valence electrons. The van der Waals surface area contributed by atoms with Crippen LogP contribution in [0.25, 0.3) is 11.0 Å². The van der Waals surface area contributed by atoms with Crippen LogP contribution in [0.1, 0.15) is 19.8 Å². The Kier molecular flexibility index (Phi) is 3.73. The Balaban J connectivity index is 1.96. The fourth-order valence-corrected chi connectivity index (χ4v) is 3.19. The molecule has 1 unspecified atom stereocenters. The zero-order valence-corrected chi connectivity index (χ0v) is 13.9. The number of imidazole rings is 1. The number of aromatic nitrogens is 2. The summed E-state index contributed by atoms with van der Waals surface area (Å²) < 4.78 is 16.8. The third kappa shape index (κ3) is 2.56. The van der Waals surface area contributed by atoms with Gasteiger partial charge < -0.3 is 9.55 Å². The smallest absolute Gasteiger partial charge is 0.178 e. The van der Waals surface area contributed by atoms with Crippen molar-refractivity contribution in [3.05, 3.63) is 27.2 Å². The molecular formula is C14H17BrFN3S. The minimum absolute atomic E-state index is 0.261. The molecule has 0 spiro atoms. The topological polar surface area (TPSA) is 24.0 Å². The van der Waals surface area contributed by atoms with Gasteiger partial charge in [-0.15, -0.1) is 0 Å². The highest BCUT2D eigenvalue weighted by molar-refractivity contribution is 9.10. The van der Waals surface area contributed by atoms with Gasteiger partial charge in [-0.1, -0.05) is 0 Å². The van der Waals surface area contributed by atoms with Gasteiger partial charge in [-0.3, -0.25) is 4.90 Å². The third-order valence-electron chi connectivity index (χ3n) is 4.08. The van der Waals surface area contributed by atoms with Gasteiger partial charge in [0.15, 0.2) is 4.77 Å². The maximum atomic E-state index is 13.8. The SMILES string of the molecule is CC(Cn1c(=S)[nH]c2cc(Br)c(F)cc21)N(C)C1CC1. The van der Waals surface area contributed by atoms with Gasteiger partial charge in [0.2, 0.25) is 0 Å². The summed E-state index contributed by atoms with van der Waals surface area (Å²) in [4.78, 5) is 5.53. The van der Waals surface area contributed by atoms with Crippen molar-refractivity contribution in [2.45, 2.75) is 38.4 Å². The Hall–Kier alpha value is -0.720. The average Bonchev–Trinajstić information content (AvgIpc) is 3.19. The second kappa shape index (κ2) is 5.24. The van der Waals surface area contributed by atoms with E-state index in [1.165, 1.54) is 18.9 Å². The van der Waals surface area contributed by atoms with Crippen molar-refractivity contribution in [3.8, 4) is 0 Å². The van der Waals surface area contributed by atoms with Crippen LogP contribution >= 0.6 is 28.1 Å². The van der Waals surface area contributed by atoms with Crippen molar-refractivity contribution < 1.29 is 4.39 Å². The molecule has 0 amide bonds. The fraction of sp³-hybridized carbons (Fsp3) is 0.500. The van der Waals surface area contributed by atoms with Gasteiger partial charge in [0.05, 0.1) is 15.5 Å². The van der Waals surface area contributed by atoms with Crippen LogP contribution in [0.2, 0.25) is 0 Å². The highest BCUT2D eigenvalue weighted by Crippen LogP contribution is 2.28. The maximum absolute atomic E-state index is 13.8. The Morgan fingerprint density at radius 1 is 1.55 bits per heavy atom. The molecule has 1 aliphatic rings. The molecular weight excluding hydrogens is 341 g/mol. The van der Waals surface area contributed by atoms with Crippen molar-refractivity contribution in [1.29, 1.82) is 0 Å². The van der Waals surface area contributed by atoms with Crippen molar-refractivity contribution in [2.24, 2.45) is 0 Å². The van der Waals surface area contributed by atoms with E-state index in [0.29, 0.717) is 21.3 Å². The molecule has 0 radical (unpaired) electrons. The van der Waals surface area contributed by atoms with E-state index < -0.39 is 0 Å². The molecule has 3 nitrogen and oxygen atoms in total. The van der Waals surface area contributed by atoms with Gasteiger partial charge in [-0.25, -0.2) is 4.39 Å². The summed E-state index contributed by atoms with van der Waals surface area (Å²) in [5.74, 6) is -0.261. The minimum Gasteiger partial charge on any atom is -0.331 e. The van der Waals surface area contributed by atoms with E-state index in [1.54, 1.807) is 6.07 Å². The van der Waals surface area contributed by atoms with Crippen molar-refractivity contribution in [1.82, 2.24) is 14.5 Å². The highest BCUT2D eigenvalue weighted by Gasteiger charge is 2.29. The molecule has 1 heterocycles. The Morgan fingerprint density at radius 2 is 2.25 bits per heavy atom. The normalized spacial score (nSPS) is 17.1. The van der Waals surface area contributed by atoms with Gasteiger partial charge in [-0.2, -0.15) is 0 Å². The van der Waals surface area contributed by atoms with Crippen molar-refractivity contribution in [2.75, 3.05) is 7.05 Å². The number of halogens is 2. The number of hydrogen-bond donors (Lipinski definition) is 1. The molecule has 1 aromatic carbocycles.